The maximum atomic E-state index is 11.8. The maximum absolute atomic E-state index is 11.8. The van der Waals surface area contributed by atoms with Crippen LogP contribution in [0.15, 0.2) is 0 Å². The predicted octanol–water partition coefficient (Wildman–Crippen LogP) is 1.12. The predicted molar refractivity (Wildman–Crippen MR) is 62.6 cm³/mol. The molecule has 1 amide bonds. The second-order valence-electron chi connectivity index (χ2n) is 4.55. The topological polar surface area (TPSA) is 66.8 Å². The summed E-state index contributed by atoms with van der Waals surface area (Å²) in [6.45, 7) is 4.94. The molecule has 1 saturated heterocycles. The number of carbonyl (C=O) groups is 2. The van der Waals surface area contributed by atoms with Gasteiger partial charge in [-0.1, -0.05) is 6.92 Å². The Morgan fingerprint density at radius 2 is 2.24 bits per heavy atom. The first-order valence-electron chi connectivity index (χ1n) is 6.16. The Balaban J connectivity index is 2.38. The normalized spacial score (nSPS) is 22.2. The number of hydrogen-bond acceptors (Lipinski definition) is 3. The number of ether oxygens (including phenoxy) is 1. The van der Waals surface area contributed by atoms with Crippen molar-refractivity contribution in [1.29, 1.82) is 0 Å². The molecule has 0 aliphatic carbocycles. The number of carboxylic acids is 1. The Morgan fingerprint density at radius 1 is 1.53 bits per heavy atom. The number of likely N-dealkylation sites (tertiary alicyclic amines) is 1. The van der Waals surface area contributed by atoms with Crippen LogP contribution in [0, 0.1) is 5.92 Å². The fourth-order valence-electron chi connectivity index (χ4n) is 1.83. The number of rotatable bonds is 5. The van der Waals surface area contributed by atoms with Crippen LogP contribution in [0.2, 0.25) is 0 Å². The molecule has 0 radical (unpaired) electrons. The first-order valence-corrected chi connectivity index (χ1v) is 6.16. The Bertz CT molecular complexity index is 280. The lowest BCUT2D eigenvalue weighted by molar-refractivity contribution is -0.147. The van der Waals surface area contributed by atoms with E-state index in [0.29, 0.717) is 19.5 Å². The van der Waals surface area contributed by atoms with Crippen molar-refractivity contribution in [2.75, 3.05) is 19.7 Å². The van der Waals surface area contributed by atoms with Crippen LogP contribution in [0.5, 0.6) is 0 Å². The molecule has 2 unspecified atom stereocenters. The summed E-state index contributed by atoms with van der Waals surface area (Å²) in [6.07, 6.45) is 2.35. The van der Waals surface area contributed by atoms with E-state index in [0.717, 1.165) is 12.8 Å². The highest BCUT2D eigenvalue weighted by Crippen LogP contribution is 2.16. The van der Waals surface area contributed by atoms with Crippen molar-refractivity contribution < 1.29 is 19.4 Å². The Kier molecular flexibility index (Phi) is 5.41. The van der Waals surface area contributed by atoms with Gasteiger partial charge in [0.25, 0.3) is 0 Å². The van der Waals surface area contributed by atoms with Gasteiger partial charge in [-0.2, -0.15) is 0 Å². The van der Waals surface area contributed by atoms with Gasteiger partial charge in [-0.05, 0) is 26.2 Å². The van der Waals surface area contributed by atoms with Crippen LogP contribution in [-0.2, 0) is 14.3 Å². The molecule has 0 spiro atoms. The van der Waals surface area contributed by atoms with Crippen LogP contribution in [-0.4, -0.2) is 47.7 Å². The summed E-state index contributed by atoms with van der Waals surface area (Å²) in [5.41, 5.74) is 0. The van der Waals surface area contributed by atoms with Gasteiger partial charge in [0.15, 0.2) is 0 Å². The molecule has 5 heteroatoms. The van der Waals surface area contributed by atoms with Gasteiger partial charge in [0.1, 0.15) is 6.61 Å². The molecule has 17 heavy (non-hydrogen) atoms. The minimum absolute atomic E-state index is 0.0569. The fourth-order valence-corrected chi connectivity index (χ4v) is 1.83. The summed E-state index contributed by atoms with van der Waals surface area (Å²) in [6, 6.07) is 0. The Hall–Kier alpha value is -1.10. The highest BCUT2D eigenvalue weighted by molar-refractivity contribution is 5.79. The van der Waals surface area contributed by atoms with E-state index >= 15 is 0 Å². The van der Waals surface area contributed by atoms with Gasteiger partial charge in [-0.15, -0.1) is 0 Å². The molecule has 1 fully saturated rings. The third-order valence-corrected chi connectivity index (χ3v) is 3.19. The molecule has 0 bridgehead atoms. The number of amides is 1. The maximum Gasteiger partial charge on any atom is 0.308 e. The Labute approximate surface area is 102 Å². The highest BCUT2D eigenvalue weighted by Gasteiger charge is 2.28. The second kappa shape index (κ2) is 6.59. The third-order valence-electron chi connectivity index (χ3n) is 3.19. The van der Waals surface area contributed by atoms with Gasteiger partial charge in [0.05, 0.1) is 12.0 Å². The number of piperidine rings is 1. The lowest BCUT2D eigenvalue weighted by Crippen LogP contribution is -2.44. The molecule has 1 N–H and O–H groups in total. The van der Waals surface area contributed by atoms with Crippen molar-refractivity contribution in [1.82, 2.24) is 4.90 Å². The molecule has 0 aromatic rings. The van der Waals surface area contributed by atoms with Crippen molar-refractivity contribution in [3.8, 4) is 0 Å². The molecular formula is C12H21NO4. The molecule has 1 aliphatic rings. The molecule has 0 saturated carbocycles. The van der Waals surface area contributed by atoms with E-state index < -0.39 is 11.9 Å². The summed E-state index contributed by atoms with van der Waals surface area (Å²) in [5, 5.41) is 8.92. The van der Waals surface area contributed by atoms with E-state index in [2.05, 4.69) is 0 Å². The van der Waals surface area contributed by atoms with E-state index in [-0.39, 0.29) is 18.6 Å². The standard InChI is InChI=1S/C12H21NO4/c1-3-9(2)17-8-11(14)13-6-4-5-10(7-13)12(15)16/h9-10H,3-8H2,1-2H3,(H,15,16). The molecule has 1 aliphatic heterocycles. The zero-order valence-corrected chi connectivity index (χ0v) is 10.5. The summed E-state index contributed by atoms with van der Waals surface area (Å²) >= 11 is 0. The van der Waals surface area contributed by atoms with Crippen LogP contribution < -0.4 is 0 Å². The first-order chi connectivity index (χ1) is 8.04. The molecule has 2 atom stereocenters. The van der Waals surface area contributed by atoms with Gasteiger partial charge in [0, 0.05) is 13.1 Å². The monoisotopic (exact) mass is 243 g/mol. The minimum atomic E-state index is -0.814. The van der Waals surface area contributed by atoms with Crippen LogP contribution in [0.25, 0.3) is 0 Å². The molecular weight excluding hydrogens is 222 g/mol. The second-order valence-corrected chi connectivity index (χ2v) is 4.55. The summed E-state index contributed by atoms with van der Waals surface area (Å²) in [4.78, 5) is 24.3. The van der Waals surface area contributed by atoms with E-state index in [9.17, 15) is 9.59 Å². The van der Waals surface area contributed by atoms with Crippen molar-refractivity contribution in [3.05, 3.63) is 0 Å². The van der Waals surface area contributed by atoms with Crippen molar-refractivity contribution in [2.45, 2.75) is 39.2 Å². The van der Waals surface area contributed by atoms with E-state index in [1.807, 2.05) is 13.8 Å². The van der Waals surface area contributed by atoms with E-state index in [4.69, 9.17) is 9.84 Å². The van der Waals surface area contributed by atoms with Gasteiger partial charge < -0.3 is 14.7 Å². The van der Waals surface area contributed by atoms with Crippen molar-refractivity contribution >= 4 is 11.9 Å². The Morgan fingerprint density at radius 3 is 2.82 bits per heavy atom. The average Bonchev–Trinajstić information content (AvgIpc) is 2.35. The van der Waals surface area contributed by atoms with Crippen LogP contribution in [0.1, 0.15) is 33.1 Å². The van der Waals surface area contributed by atoms with Crippen molar-refractivity contribution in [2.24, 2.45) is 5.92 Å². The first kappa shape index (κ1) is 14.0. The summed E-state index contributed by atoms with van der Waals surface area (Å²) in [5.74, 6) is -1.34. The lowest BCUT2D eigenvalue weighted by atomic mass is 9.98. The SMILES string of the molecule is CCC(C)OCC(=O)N1CCCC(C(=O)O)C1. The number of hydrogen-bond donors (Lipinski definition) is 1. The van der Waals surface area contributed by atoms with Gasteiger partial charge >= 0.3 is 5.97 Å². The van der Waals surface area contributed by atoms with Crippen LogP contribution >= 0.6 is 0 Å². The van der Waals surface area contributed by atoms with Crippen LogP contribution in [0.3, 0.4) is 0 Å². The molecule has 98 valence electrons. The lowest BCUT2D eigenvalue weighted by Gasteiger charge is -2.30. The molecule has 1 heterocycles. The summed E-state index contributed by atoms with van der Waals surface area (Å²) < 4.78 is 5.36. The average molecular weight is 243 g/mol. The van der Waals surface area contributed by atoms with E-state index in [1.54, 1.807) is 4.90 Å². The zero-order chi connectivity index (χ0) is 12.8. The largest absolute Gasteiger partial charge is 0.481 e. The van der Waals surface area contributed by atoms with Gasteiger partial charge in [0.2, 0.25) is 5.91 Å². The highest BCUT2D eigenvalue weighted by atomic mass is 16.5. The zero-order valence-electron chi connectivity index (χ0n) is 10.5. The van der Waals surface area contributed by atoms with E-state index in [1.165, 1.54) is 0 Å². The quantitative estimate of drug-likeness (QED) is 0.786. The van der Waals surface area contributed by atoms with Gasteiger partial charge in [-0.3, -0.25) is 9.59 Å². The molecule has 0 aromatic heterocycles. The third kappa shape index (κ3) is 4.34. The molecule has 1 rings (SSSR count). The molecule has 0 aromatic carbocycles. The number of carboxylic acid groups (broad SMARTS) is 1. The molecule has 5 nitrogen and oxygen atoms in total. The summed E-state index contributed by atoms with van der Waals surface area (Å²) in [7, 11) is 0. The fraction of sp³-hybridized carbons (Fsp3) is 0.833. The van der Waals surface area contributed by atoms with Gasteiger partial charge in [-0.25, -0.2) is 0 Å². The van der Waals surface area contributed by atoms with Crippen molar-refractivity contribution in [3.63, 3.8) is 0 Å². The smallest absolute Gasteiger partial charge is 0.308 e. The minimum Gasteiger partial charge on any atom is -0.481 e. The number of nitrogens with zero attached hydrogens (tertiary/aromatic N) is 1. The number of aliphatic carboxylic acids is 1. The number of carbonyl (C=O) groups excluding carboxylic acids is 1. The van der Waals surface area contributed by atoms with Crippen LogP contribution in [0.4, 0.5) is 0 Å².